The molecule has 0 fully saturated rings. The van der Waals surface area contributed by atoms with Gasteiger partial charge in [-0.15, -0.1) is 13.2 Å². The molecule has 594 valence electrons. The first-order chi connectivity index (χ1) is 61.4. The molecule has 12 aromatic carbocycles. The average molecular weight is 1660 g/mol. The minimum absolute atomic E-state index is 0.134. The molecule has 0 N–H and O–H groups in total. The molecule has 6 aliphatic carbocycles. The Balaban J connectivity index is 0.000000140. The van der Waals surface area contributed by atoms with E-state index >= 15 is 0 Å². The van der Waals surface area contributed by atoms with E-state index in [1.54, 1.807) is 84.9 Å². The summed E-state index contributed by atoms with van der Waals surface area (Å²) in [4.78, 5) is 21.3. The lowest BCUT2D eigenvalue weighted by Crippen LogP contribution is -2.16. The lowest BCUT2D eigenvalue weighted by atomic mass is 9.85. The van der Waals surface area contributed by atoms with Gasteiger partial charge < -0.3 is 4.74 Å². The number of hydrogen-bond acceptors (Lipinski definition) is 7. The number of nitrogens with zero attached hydrogens (tertiary/aromatic N) is 12. The molecule has 0 saturated heterocycles. The summed E-state index contributed by atoms with van der Waals surface area (Å²) < 4.78 is 110. The molecule has 0 spiro atoms. The van der Waals surface area contributed by atoms with Crippen LogP contribution in [0.25, 0.3) is 163 Å². The van der Waals surface area contributed by atoms with Gasteiger partial charge in [0.15, 0.2) is 0 Å². The van der Waals surface area contributed by atoms with Gasteiger partial charge in [-0.25, -0.2) is 69.4 Å². The highest BCUT2D eigenvalue weighted by Gasteiger charge is 2.46. The highest BCUT2D eigenvalue weighted by molar-refractivity contribution is 6.42. The molecule has 0 radical (unpaired) electrons. The first-order valence-electron chi connectivity index (χ1n) is 38.3. The second kappa shape index (κ2) is 32.9. The van der Waals surface area contributed by atoms with Gasteiger partial charge in [-0.2, -0.15) is 13.2 Å². The standard InChI is InChI=1S/C36H17F3N4O.C36H17F3N4.C34H14F2N4/c1-20-10-12-21(13-11-20)24-6-4-8-26-30(24)34-33(29(19-41)43-3)27-9-5-7-25(31(27)35(34)32(26)28(18-40)42-2)22-14-16-23(17-15-22)44-36(37,38)39;1-20-10-12-21(13-11-20)24-6-4-8-26-30(24)34-33(29(19-41)43-3)27-9-5-7-25(22-14-16-23(17-15-22)36(37,38)39)31(27)35(34)32(26)28(18-40)42-2;1-39-27(17-37)31-25-7-3-5-23(19-9-13-21(35)14-10-19)29(25)34-32(28(18-38)40-2)26-8-4-6-24(30(26)33(31)34)20-11-15-22(36)16-12-20/h4-17H,1H3;4-17H,1H3;3-16H/b2*32-28-,33-29+;31-27-,32-28+. The van der Waals surface area contributed by atoms with Crippen molar-refractivity contribution in [1.29, 1.82) is 31.6 Å². The van der Waals surface area contributed by atoms with Crippen LogP contribution in [0, 0.1) is 133 Å². The fourth-order valence-corrected chi connectivity index (χ4v) is 17.4. The molecule has 21 heteroatoms. The predicted octanol–water partition coefficient (Wildman–Crippen LogP) is 27.6. The average Bonchev–Trinajstić information content (AvgIpc) is 1.54. The number of nitriles is 6. The van der Waals surface area contributed by atoms with Crippen molar-refractivity contribution in [3.05, 3.63) is 453 Å². The van der Waals surface area contributed by atoms with Crippen molar-refractivity contribution < 1.29 is 39.9 Å². The molecular formula is C106H48F8N12O. The van der Waals surface area contributed by atoms with E-state index in [1.807, 2.05) is 147 Å². The van der Waals surface area contributed by atoms with E-state index in [-0.39, 0.29) is 39.9 Å². The molecule has 0 unspecified atom stereocenters. The van der Waals surface area contributed by atoms with Gasteiger partial charge in [-0.05, 0) is 229 Å². The Labute approximate surface area is 722 Å². The zero-order chi connectivity index (χ0) is 89.6. The number of ether oxygens (including phenoxy) is 1. The summed E-state index contributed by atoms with van der Waals surface area (Å²) in [6.07, 6.45) is -9.35. The molecule has 0 aromatic heterocycles. The molecule has 0 atom stereocenters. The van der Waals surface area contributed by atoms with Gasteiger partial charge in [0.2, 0.25) is 0 Å². The van der Waals surface area contributed by atoms with E-state index < -0.39 is 29.7 Å². The van der Waals surface area contributed by atoms with Crippen LogP contribution in [0.15, 0.2) is 289 Å². The van der Waals surface area contributed by atoms with Crippen molar-refractivity contribution in [2.24, 2.45) is 0 Å². The molecular weight excluding hydrogens is 1610 g/mol. The molecule has 0 aliphatic heterocycles. The van der Waals surface area contributed by atoms with Crippen LogP contribution in [0.5, 0.6) is 5.75 Å². The van der Waals surface area contributed by atoms with Crippen LogP contribution in [0.1, 0.15) is 83.5 Å². The summed E-state index contributed by atoms with van der Waals surface area (Å²) >= 11 is 0. The maximum Gasteiger partial charge on any atom is 0.573 e. The van der Waals surface area contributed by atoms with E-state index in [1.165, 1.54) is 60.7 Å². The monoisotopic (exact) mass is 1660 g/mol. The minimum Gasteiger partial charge on any atom is -0.406 e. The van der Waals surface area contributed by atoms with Gasteiger partial charge in [0, 0.05) is 33.4 Å². The molecule has 0 heterocycles. The zero-order valence-electron chi connectivity index (χ0n) is 66.0. The number of benzene rings is 12. The molecule has 0 amide bonds. The lowest BCUT2D eigenvalue weighted by molar-refractivity contribution is -0.274. The van der Waals surface area contributed by atoms with Crippen molar-refractivity contribution >= 4 is 66.9 Å². The maximum atomic E-state index is 13.8. The molecule has 6 aliphatic rings. The third-order valence-corrected chi connectivity index (χ3v) is 22.4. The third-order valence-electron chi connectivity index (χ3n) is 22.4. The highest BCUT2D eigenvalue weighted by Crippen LogP contribution is 2.67. The van der Waals surface area contributed by atoms with Crippen LogP contribution in [0.4, 0.5) is 35.1 Å². The van der Waals surface area contributed by atoms with E-state index in [4.69, 9.17) is 39.4 Å². The number of alkyl halides is 6. The fraction of sp³-hybridized carbons (Fsp3) is 0.0377. The molecule has 0 bridgehead atoms. The Kier molecular flexibility index (Phi) is 21.2. The Morgan fingerprint density at radius 3 is 0.622 bits per heavy atom. The quantitative estimate of drug-likeness (QED) is 0.0865. The van der Waals surface area contributed by atoms with E-state index in [2.05, 4.69) is 33.8 Å². The summed E-state index contributed by atoms with van der Waals surface area (Å²) in [6, 6.07) is 82.6. The second-order valence-corrected chi connectivity index (χ2v) is 29.2. The Hall–Kier alpha value is -18.6. The molecule has 13 nitrogen and oxygen atoms in total. The maximum absolute atomic E-state index is 13.8. The Morgan fingerprint density at radius 2 is 0.441 bits per heavy atom. The van der Waals surface area contributed by atoms with Crippen LogP contribution in [-0.4, -0.2) is 6.36 Å². The van der Waals surface area contributed by atoms with Gasteiger partial charge in [0.25, 0.3) is 34.2 Å². The van der Waals surface area contributed by atoms with Crippen molar-refractivity contribution in [3.8, 4) is 109 Å². The van der Waals surface area contributed by atoms with Crippen LogP contribution in [-0.2, 0) is 6.18 Å². The van der Waals surface area contributed by atoms with Gasteiger partial charge >= 0.3 is 12.5 Å². The smallest absolute Gasteiger partial charge is 0.406 e. The summed E-state index contributed by atoms with van der Waals surface area (Å²) in [7, 11) is 0. The van der Waals surface area contributed by atoms with Gasteiger partial charge in [0.1, 0.15) is 17.4 Å². The van der Waals surface area contributed by atoms with Gasteiger partial charge in [0.05, 0.1) is 81.4 Å². The number of aryl methyl sites for hydroxylation is 2. The fourth-order valence-electron chi connectivity index (χ4n) is 17.4. The van der Waals surface area contributed by atoms with E-state index in [9.17, 15) is 66.7 Å². The van der Waals surface area contributed by atoms with E-state index in [0.717, 1.165) is 45.5 Å². The van der Waals surface area contributed by atoms with Gasteiger partial charge in [-0.1, -0.05) is 217 Å². The van der Waals surface area contributed by atoms with Crippen LogP contribution in [0.2, 0.25) is 0 Å². The Bertz CT molecular complexity index is 7550. The van der Waals surface area contributed by atoms with Crippen molar-refractivity contribution in [1.82, 2.24) is 0 Å². The third kappa shape index (κ3) is 14.0. The van der Waals surface area contributed by atoms with Crippen LogP contribution in [0.3, 0.4) is 0 Å². The predicted molar refractivity (Wildman–Crippen MR) is 468 cm³/mol. The minimum atomic E-state index is -4.85. The number of hydrogen-bond donors (Lipinski definition) is 0. The summed E-state index contributed by atoms with van der Waals surface area (Å²) in [5.74, 6) is -1.17. The lowest BCUT2D eigenvalue weighted by Gasteiger charge is -2.18. The largest absolute Gasteiger partial charge is 0.573 e. The molecule has 0 saturated carbocycles. The number of allylic oxidation sites excluding steroid dienone is 18. The number of halogens is 8. The first kappa shape index (κ1) is 82.1. The van der Waals surface area contributed by atoms with Crippen LogP contribution < -0.4 is 4.74 Å². The summed E-state index contributed by atoms with van der Waals surface area (Å²) in [5.41, 5.74) is 21.7. The summed E-state index contributed by atoms with van der Waals surface area (Å²) in [5, 5.41) is 60.5. The molecule has 12 aromatic rings. The summed E-state index contributed by atoms with van der Waals surface area (Å²) in [6.45, 7) is 51.0. The van der Waals surface area contributed by atoms with E-state index in [0.29, 0.717) is 178 Å². The SMILES string of the molecule is [C-]#[N+]/C(C#N)=C1C2=C(/C(=C(\C#N)[N+]#[C-])c3cccc(-c4ccc(C(F)(F)F)cc4)c32)c2c\1cccc2-c1ccc(C)cc1.[C-]#[N+]/C(C#N)=C1C2=C(/C(=C(\C#N)[N+]#[C-])c3cccc(-c4ccc(OC(F)(F)F)cc4)c32)c2c\1cccc2-c1ccc(C)cc1.[C-]#[N+]\C(C#N)=C1/C2=C(\C(=C(/C#N)[N+]#[C-])c3cccc(-c4ccc(F)cc4)c32)c2c1cccc2-c1ccc(F)cc1. The van der Waals surface area contributed by atoms with Crippen molar-refractivity contribution in [3.63, 3.8) is 0 Å². The first-order valence-corrected chi connectivity index (χ1v) is 38.3. The highest BCUT2D eigenvalue weighted by atomic mass is 19.4. The topological polar surface area (TPSA) is 178 Å². The van der Waals surface area contributed by atoms with Crippen molar-refractivity contribution in [2.75, 3.05) is 0 Å². The molecule has 18 rings (SSSR count). The normalized spacial score (nSPS) is 15.2. The number of rotatable bonds is 7. The number of fused-ring (bicyclic) bond motifs is 12. The Morgan fingerprint density at radius 1 is 0.260 bits per heavy atom. The van der Waals surface area contributed by atoms with Gasteiger partial charge in [-0.3, -0.25) is 0 Å². The second-order valence-electron chi connectivity index (χ2n) is 29.2. The van der Waals surface area contributed by atoms with Crippen molar-refractivity contribution in [2.45, 2.75) is 26.4 Å². The van der Waals surface area contributed by atoms with Crippen LogP contribution >= 0.6 is 0 Å². The molecule has 127 heavy (non-hydrogen) atoms. The zero-order valence-corrected chi connectivity index (χ0v) is 66.0.